The summed E-state index contributed by atoms with van der Waals surface area (Å²) in [5, 5.41) is 0. The summed E-state index contributed by atoms with van der Waals surface area (Å²) in [6.07, 6.45) is 2.63. The molecule has 0 radical (unpaired) electrons. The molecule has 0 unspecified atom stereocenters. The van der Waals surface area contributed by atoms with E-state index in [0.717, 1.165) is 38.0 Å². The number of allylic oxidation sites excluding steroid dienone is 1. The molecule has 0 atom stereocenters. The molecule has 0 aliphatic heterocycles. The van der Waals surface area contributed by atoms with Gasteiger partial charge in [0.15, 0.2) is 5.78 Å². The summed E-state index contributed by atoms with van der Waals surface area (Å²) in [6, 6.07) is 23.7. The van der Waals surface area contributed by atoms with Gasteiger partial charge in [-0.15, -0.1) is 0 Å². The van der Waals surface area contributed by atoms with Gasteiger partial charge in [-0.2, -0.15) is 0 Å². The second-order valence-electron chi connectivity index (χ2n) is 6.29. The molecule has 4 rings (SSSR count). The van der Waals surface area contributed by atoms with Crippen molar-refractivity contribution in [2.24, 2.45) is 0 Å². The van der Waals surface area contributed by atoms with Crippen LogP contribution in [-0.4, -0.2) is 5.78 Å². The van der Waals surface area contributed by atoms with Crippen molar-refractivity contribution < 1.29 is 9.53 Å². The van der Waals surface area contributed by atoms with E-state index < -0.39 is 0 Å². The minimum Gasteiger partial charge on any atom is -0.488 e. The van der Waals surface area contributed by atoms with Gasteiger partial charge >= 0.3 is 0 Å². The smallest absolute Gasteiger partial charge is 0.189 e. The fourth-order valence-electron chi connectivity index (χ4n) is 3.13. The summed E-state index contributed by atoms with van der Waals surface area (Å²) >= 11 is 3.44. The summed E-state index contributed by atoms with van der Waals surface area (Å²) in [4.78, 5) is 12.6. The number of halogens is 1. The van der Waals surface area contributed by atoms with Crippen LogP contribution in [0.1, 0.15) is 27.0 Å². The van der Waals surface area contributed by atoms with Gasteiger partial charge in [0.05, 0.1) is 0 Å². The lowest BCUT2D eigenvalue weighted by Gasteiger charge is -2.10. The minimum absolute atomic E-state index is 0.114. The SMILES string of the molecule is O=C1C(=Cc2ccccc2OCc2ccc(Br)cc2)Cc2ccccc21. The lowest BCUT2D eigenvalue weighted by Crippen LogP contribution is -1.98. The highest BCUT2D eigenvalue weighted by Crippen LogP contribution is 2.30. The van der Waals surface area contributed by atoms with Crippen molar-refractivity contribution in [1.29, 1.82) is 0 Å². The molecule has 0 aromatic heterocycles. The number of para-hydroxylation sites is 1. The quantitative estimate of drug-likeness (QED) is 0.509. The number of rotatable bonds is 4. The van der Waals surface area contributed by atoms with Crippen LogP contribution in [0.4, 0.5) is 0 Å². The fraction of sp³-hybridized carbons (Fsp3) is 0.0870. The highest BCUT2D eigenvalue weighted by atomic mass is 79.9. The minimum atomic E-state index is 0.114. The molecular formula is C23H17BrO2. The number of Topliss-reactive ketones (excluding diaryl/α,β-unsaturated/α-hetero) is 1. The fourth-order valence-corrected chi connectivity index (χ4v) is 3.40. The third-order valence-electron chi connectivity index (χ3n) is 4.49. The molecule has 1 aliphatic carbocycles. The first-order valence-corrected chi connectivity index (χ1v) is 9.29. The van der Waals surface area contributed by atoms with Gasteiger partial charge in [0.25, 0.3) is 0 Å². The number of carbonyl (C=O) groups is 1. The van der Waals surface area contributed by atoms with Crippen LogP contribution < -0.4 is 4.74 Å². The Bertz CT molecular complexity index is 987. The maximum atomic E-state index is 12.6. The molecule has 0 saturated heterocycles. The first-order valence-electron chi connectivity index (χ1n) is 8.50. The summed E-state index contributed by atoms with van der Waals surface area (Å²) < 4.78 is 7.06. The second-order valence-corrected chi connectivity index (χ2v) is 7.20. The highest BCUT2D eigenvalue weighted by molar-refractivity contribution is 9.10. The van der Waals surface area contributed by atoms with Crippen LogP contribution in [0.25, 0.3) is 6.08 Å². The molecule has 0 bridgehead atoms. The van der Waals surface area contributed by atoms with Crippen molar-refractivity contribution in [3.63, 3.8) is 0 Å². The van der Waals surface area contributed by atoms with Crippen molar-refractivity contribution in [1.82, 2.24) is 0 Å². The number of fused-ring (bicyclic) bond motifs is 1. The molecule has 0 fully saturated rings. The van der Waals surface area contributed by atoms with Gasteiger partial charge in [0, 0.05) is 27.6 Å². The van der Waals surface area contributed by atoms with E-state index in [0.29, 0.717) is 13.0 Å². The average Bonchev–Trinajstić information content (AvgIpc) is 2.98. The van der Waals surface area contributed by atoms with Gasteiger partial charge in [-0.1, -0.05) is 70.5 Å². The number of hydrogen-bond acceptors (Lipinski definition) is 2. The van der Waals surface area contributed by atoms with Crippen LogP contribution >= 0.6 is 15.9 Å². The summed E-state index contributed by atoms with van der Waals surface area (Å²) in [5.74, 6) is 0.898. The Kier molecular flexibility index (Phi) is 4.72. The summed E-state index contributed by atoms with van der Waals surface area (Å²) in [6.45, 7) is 0.488. The van der Waals surface area contributed by atoms with E-state index in [1.54, 1.807) is 0 Å². The Hall–Kier alpha value is -2.65. The van der Waals surface area contributed by atoms with Crippen LogP contribution in [0, 0.1) is 0 Å². The second kappa shape index (κ2) is 7.30. The Labute approximate surface area is 161 Å². The molecule has 0 spiro atoms. The highest BCUT2D eigenvalue weighted by Gasteiger charge is 2.24. The number of ketones is 1. The molecule has 0 heterocycles. The predicted molar refractivity (Wildman–Crippen MR) is 107 cm³/mol. The lowest BCUT2D eigenvalue weighted by molar-refractivity contribution is 0.104. The van der Waals surface area contributed by atoms with Gasteiger partial charge < -0.3 is 4.74 Å². The van der Waals surface area contributed by atoms with Gasteiger partial charge in [0.2, 0.25) is 0 Å². The first-order chi connectivity index (χ1) is 12.7. The molecular weight excluding hydrogens is 388 g/mol. The van der Waals surface area contributed by atoms with E-state index >= 15 is 0 Å². The monoisotopic (exact) mass is 404 g/mol. The zero-order valence-electron chi connectivity index (χ0n) is 14.1. The molecule has 3 aromatic carbocycles. The summed E-state index contributed by atoms with van der Waals surface area (Å²) in [7, 11) is 0. The predicted octanol–water partition coefficient (Wildman–Crippen LogP) is 5.85. The van der Waals surface area contributed by atoms with Gasteiger partial charge in [-0.05, 0) is 35.4 Å². The Morgan fingerprint density at radius 2 is 1.65 bits per heavy atom. The molecule has 2 nitrogen and oxygen atoms in total. The maximum absolute atomic E-state index is 12.6. The third-order valence-corrected chi connectivity index (χ3v) is 5.02. The largest absolute Gasteiger partial charge is 0.488 e. The molecule has 3 heteroatoms. The van der Waals surface area contributed by atoms with Crippen LogP contribution in [0.3, 0.4) is 0 Å². The zero-order valence-corrected chi connectivity index (χ0v) is 15.7. The van der Waals surface area contributed by atoms with E-state index in [4.69, 9.17) is 4.74 Å². The van der Waals surface area contributed by atoms with Gasteiger partial charge in [-0.3, -0.25) is 4.79 Å². The van der Waals surface area contributed by atoms with Gasteiger partial charge in [-0.25, -0.2) is 0 Å². The molecule has 26 heavy (non-hydrogen) atoms. The van der Waals surface area contributed by atoms with Crippen LogP contribution in [0.15, 0.2) is 82.8 Å². The number of benzene rings is 3. The standard InChI is InChI=1S/C23H17BrO2/c24-20-11-9-16(10-12-20)15-26-22-8-4-2-6-18(22)14-19-13-17-5-1-3-7-21(17)23(19)25/h1-12,14H,13,15H2. The summed E-state index contributed by atoms with van der Waals surface area (Å²) in [5.41, 5.74) is 4.75. The van der Waals surface area contributed by atoms with E-state index in [2.05, 4.69) is 15.9 Å². The zero-order chi connectivity index (χ0) is 17.9. The number of hydrogen-bond donors (Lipinski definition) is 0. The molecule has 1 aliphatic rings. The van der Waals surface area contributed by atoms with Crippen LogP contribution in [0.2, 0.25) is 0 Å². The van der Waals surface area contributed by atoms with Crippen molar-refractivity contribution >= 4 is 27.8 Å². The number of carbonyl (C=O) groups excluding carboxylic acids is 1. The van der Waals surface area contributed by atoms with Crippen molar-refractivity contribution in [3.8, 4) is 5.75 Å². The van der Waals surface area contributed by atoms with Crippen LogP contribution in [0.5, 0.6) is 5.75 Å². The molecule has 0 N–H and O–H groups in total. The Morgan fingerprint density at radius 3 is 2.46 bits per heavy atom. The molecule has 0 amide bonds. The average molecular weight is 405 g/mol. The molecule has 0 saturated carbocycles. The maximum Gasteiger partial charge on any atom is 0.189 e. The normalized spacial score (nSPS) is 14.5. The van der Waals surface area contributed by atoms with E-state index in [1.807, 2.05) is 78.9 Å². The van der Waals surface area contributed by atoms with Gasteiger partial charge in [0.1, 0.15) is 12.4 Å². The van der Waals surface area contributed by atoms with Crippen molar-refractivity contribution in [3.05, 3.63) is 105 Å². The molecule has 3 aromatic rings. The van der Waals surface area contributed by atoms with E-state index in [1.165, 1.54) is 0 Å². The molecule has 128 valence electrons. The van der Waals surface area contributed by atoms with E-state index in [-0.39, 0.29) is 5.78 Å². The third kappa shape index (κ3) is 3.49. The Morgan fingerprint density at radius 1 is 0.923 bits per heavy atom. The van der Waals surface area contributed by atoms with Crippen molar-refractivity contribution in [2.75, 3.05) is 0 Å². The first kappa shape index (κ1) is 16.8. The lowest BCUT2D eigenvalue weighted by atomic mass is 10.1. The topological polar surface area (TPSA) is 26.3 Å². The van der Waals surface area contributed by atoms with Crippen LogP contribution in [-0.2, 0) is 13.0 Å². The number of ether oxygens (including phenoxy) is 1. The van der Waals surface area contributed by atoms with Crippen molar-refractivity contribution in [2.45, 2.75) is 13.0 Å². The Balaban J connectivity index is 1.57. The van der Waals surface area contributed by atoms with E-state index in [9.17, 15) is 4.79 Å².